The maximum Gasteiger partial charge on any atom is 0.410 e. The van der Waals surface area contributed by atoms with E-state index < -0.39 is 0 Å². The number of amides is 1. The third-order valence-corrected chi connectivity index (χ3v) is 8.81. The van der Waals surface area contributed by atoms with Gasteiger partial charge in [0, 0.05) is 22.8 Å². The summed E-state index contributed by atoms with van der Waals surface area (Å²) in [6.07, 6.45) is 0.792. The van der Waals surface area contributed by atoms with E-state index in [1.54, 1.807) is 7.11 Å². The van der Waals surface area contributed by atoms with Gasteiger partial charge in [0.1, 0.15) is 12.4 Å². The number of hydrogen-bond donors (Lipinski definition) is 0. The first-order chi connectivity index (χ1) is 19.6. The summed E-state index contributed by atoms with van der Waals surface area (Å²) in [5.41, 5.74) is 5.49. The predicted octanol–water partition coefficient (Wildman–Crippen LogP) is 6.46. The predicted molar refractivity (Wildman–Crippen MR) is 153 cm³/mol. The summed E-state index contributed by atoms with van der Waals surface area (Å²) in [6.45, 7) is 1.10. The largest absolute Gasteiger partial charge is 0.496 e. The molecule has 2 fully saturated rings. The van der Waals surface area contributed by atoms with Crippen LogP contribution in [0.1, 0.15) is 40.2 Å². The summed E-state index contributed by atoms with van der Waals surface area (Å²) < 4.78 is 17.4. The zero-order valence-electron chi connectivity index (χ0n) is 22.4. The minimum atomic E-state index is -0.319. The summed E-state index contributed by atoms with van der Waals surface area (Å²) in [5, 5.41) is 1.82. The van der Waals surface area contributed by atoms with Gasteiger partial charge in [-0.15, -0.1) is 0 Å². The Balaban J connectivity index is 1.09. The van der Waals surface area contributed by atoms with Gasteiger partial charge in [-0.05, 0) is 52.6 Å². The maximum atomic E-state index is 13.8. The first-order valence-corrected chi connectivity index (χ1v) is 13.9. The van der Waals surface area contributed by atoms with Gasteiger partial charge in [-0.3, -0.25) is 9.69 Å². The molecule has 40 heavy (non-hydrogen) atoms. The highest BCUT2D eigenvalue weighted by molar-refractivity contribution is 6.10. The molecule has 0 saturated carbocycles. The van der Waals surface area contributed by atoms with Crippen LogP contribution in [0.4, 0.5) is 4.79 Å². The second kappa shape index (κ2) is 10.1. The molecule has 6 heteroatoms. The van der Waals surface area contributed by atoms with Crippen molar-refractivity contribution in [3.63, 3.8) is 0 Å². The molecule has 2 aliphatic heterocycles. The lowest BCUT2D eigenvalue weighted by molar-refractivity contribution is -0.0747. The molecular formula is C34H31NO5. The molecule has 6 nitrogen and oxygen atoms in total. The van der Waals surface area contributed by atoms with E-state index in [-0.39, 0.29) is 42.4 Å². The minimum absolute atomic E-state index is 0.00918. The van der Waals surface area contributed by atoms with E-state index in [4.69, 9.17) is 14.2 Å². The number of carbonyl (C=O) groups is 2. The van der Waals surface area contributed by atoms with Crippen molar-refractivity contribution in [3.8, 4) is 16.9 Å². The molecule has 7 rings (SSSR count). The molecule has 2 atom stereocenters. The summed E-state index contributed by atoms with van der Waals surface area (Å²) in [5.74, 6) is 0.689. The second-order valence-electron chi connectivity index (χ2n) is 10.9. The van der Waals surface area contributed by atoms with Gasteiger partial charge in [0.05, 0.1) is 32.4 Å². The van der Waals surface area contributed by atoms with E-state index >= 15 is 0 Å². The van der Waals surface area contributed by atoms with E-state index in [9.17, 15) is 9.59 Å². The highest BCUT2D eigenvalue weighted by Crippen LogP contribution is 2.45. The zero-order valence-corrected chi connectivity index (χ0v) is 22.4. The van der Waals surface area contributed by atoms with Crippen LogP contribution in [0.5, 0.6) is 5.75 Å². The van der Waals surface area contributed by atoms with Gasteiger partial charge in [0.15, 0.2) is 5.78 Å². The molecular weight excluding hydrogens is 502 g/mol. The molecule has 0 aromatic heterocycles. The quantitative estimate of drug-likeness (QED) is 0.276. The Morgan fingerprint density at radius 3 is 2.05 bits per heavy atom. The van der Waals surface area contributed by atoms with E-state index in [0.29, 0.717) is 31.6 Å². The molecule has 0 radical (unpaired) electrons. The number of morpholine rings is 1. The lowest BCUT2D eigenvalue weighted by Crippen LogP contribution is -2.60. The molecule has 4 aromatic carbocycles. The first kappa shape index (κ1) is 24.9. The number of carbonyl (C=O) groups excluding carboxylic acids is 2. The van der Waals surface area contributed by atoms with Crippen molar-refractivity contribution in [1.29, 1.82) is 0 Å². The van der Waals surface area contributed by atoms with E-state index in [2.05, 4.69) is 24.3 Å². The van der Waals surface area contributed by atoms with Crippen molar-refractivity contribution in [3.05, 3.63) is 102 Å². The Kier molecular flexibility index (Phi) is 6.28. The standard InChI is InChI=1S/C34H31NO5/c1-38-32-15-14-30(28-12-6-7-13-29(28)32)33(36)21-16-22-18-39-19-23(17-21)35(22)34(37)40-20-31-26-10-4-2-8-24(26)25-9-3-5-11-27(25)31/h2-15,21-23,31H,16-20H2,1H3. The zero-order chi connectivity index (χ0) is 27.2. The van der Waals surface area contributed by atoms with Crippen LogP contribution in [0, 0.1) is 5.92 Å². The Morgan fingerprint density at radius 1 is 0.800 bits per heavy atom. The van der Waals surface area contributed by atoms with Crippen LogP contribution in [-0.2, 0) is 9.47 Å². The van der Waals surface area contributed by atoms with Crippen LogP contribution in [0.25, 0.3) is 21.9 Å². The lowest BCUT2D eigenvalue weighted by atomic mass is 9.80. The summed E-state index contributed by atoms with van der Waals surface area (Å²) in [7, 11) is 1.64. The second-order valence-corrected chi connectivity index (χ2v) is 10.9. The highest BCUT2D eigenvalue weighted by Gasteiger charge is 2.45. The number of fused-ring (bicyclic) bond motifs is 6. The normalized spacial score (nSPS) is 21.5. The molecule has 1 aliphatic carbocycles. The van der Waals surface area contributed by atoms with Crippen LogP contribution in [0.15, 0.2) is 84.9 Å². The van der Waals surface area contributed by atoms with E-state index in [1.165, 1.54) is 22.3 Å². The summed E-state index contributed by atoms with van der Waals surface area (Å²) in [6, 6.07) is 27.9. The van der Waals surface area contributed by atoms with E-state index in [0.717, 1.165) is 16.5 Å². The molecule has 4 aromatic rings. The fourth-order valence-corrected chi connectivity index (χ4v) is 6.98. The van der Waals surface area contributed by atoms with Crippen LogP contribution in [0.3, 0.4) is 0 Å². The number of ether oxygens (including phenoxy) is 3. The number of methoxy groups -OCH3 is 1. The minimum Gasteiger partial charge on any atom is -0.496 e. The van der Waals surface area contributed by atoms with Gasteiger partial charge in [-0.2, -0.15) is 0 Å². The van der Waals surface area contributed by atoms with Crippen molar-refractivity contribution in [2.24, 2.45) is 5.92 Å². The number of hydrogen-bond acceptors (Lipinski definition) is 5. The Labute approximate surface area is 233 Å². The van der Waals surface area contributed by atoms with Gasteiger partial charge in [-0.25, -0.2) is 4.79 Å². The number of benzene rings is 4. The average Bonchev–Trinajstić information content (AvgIpc) is 3.32. The topological polar surface area (TPSA) is 65.1 Å². The molecule has 2 bridgehead atoms. The molecule has 0 spiro atoms. The SMILES string of the molecule is COc1ccc(C(=O)C2CC3COCC(C2)N3C(=O)OCC2c3ccccc3-c3ccccc32)c2ccccc12. The smallest absolute Gasteiger partial charge is 0.410 e. The Morgan fingerprint density at radius 2 is 1.40 bits per heavy atom. The summed E-state index contributed by atoms with van der Waals surface area (Å²) in [4.78, 5) is 29.2. The number of rotatable bonds is 5. The molecule has 2 unspecified atom stereocenters. The van der Waals surface area contributed by atoms with Crippen molar-refractivity contribution in [2.45, 2.75) is 30.8 Å². The van der Waals surface area contributed by atoms with Gasteiger partial charge in [0.25, 0.3) is 0 Å². The average molecular weight is 534 g/mol. The molecule has 1 amide bonds. The third-order valence-electron chi connectivity index (χ3n) is 8.81. The monoisotopic (exact) mass is 533 g/mol. The van der Waals surface area contributed by atoms with Crippen LogP contribution in [0.2, 0.25) is 0 Å². The van der Waals surface area contributed by atoms with Gasteiger partial charge in [-0.1, -0.05) is 72.8 Å². The number of ketones is 1. The number of Topliss-reactive ketones (excluding diaryl/α,β-unsaturated/α-hetero) is 1. The van der Waals surface area contributed by atoms with Crippen molar-refractivity contribution >= 4 is 22.6 Å². The van der Waals surface area contributed by atoms with Crippen LogP contribution in [-0.4, -0.2) is 55.8 Å². The first-order valence-electron chi connectivity index (χ1n) is 13.9. The Bertz CT molecular complexity index is 1550. The molecule has 2 saturated heterocycles. The fourth-order valence-electron chi connectivity index (χ4n) is 6.98. The van der Waals surface area contributed by atoms with E-state index in [1.807, 2.05) is 65.6 Å². The molecule has 3 aliphatic rings. The van der Waals surface area contributed by atoms with Crippen LogP contribution >= 0.6 is 0 Å². The van der Waals surface area contributed by atoms with Gasteiger partial charge < -0.3 is 14.2 Å². The Hall–Kier alpha value is -4.16. The maximum absolute atomic E-state index is 13.8. The van der Waals surface area contributed by atoms with Crippen molar-refractivity contribution in [2.75, 3.05) is 26.9 Å². The fraction of sp³-hybridized carbons (Fsp3) is 0.294. The number of piperidine rings is 1. The lowest BCUT2D eigenvalue weighted by Gasteiger charge is -2.47. The summed E-state index contributed by atoms with van der Waals surface area (Å²) >= 11 is 0. The van der Waals surface area contributed by atoms with Crippen molar-refractivity contribution in [1.82, 2.24) is 4.90 Å². The number of nitrogens with zero attached hydrogens (tertiary/aromatic N) is 1. The third kappa shape index (κ3) is 4.06. The molecule has 2 heterocycles. The van der Waals surface area contributed by atoms with Crippen LogP contribution < -0.4 is 4.74 Å². The van der Waals surface area contributed by atoms with Gasteiger partial charge in [0.2, 0.25) is 0 Å². The molecule has 202 valence electrons. The molecule has 0 N–H and O–H groups in total. The van der Waals surface area contributed by atoms with Crippen molar-refractivity contribution < 1.29 is 23.8 Å². The van der Waals surface area contributed by atoms with Gasteiger partial charge >= 0.3 is 6.09 Å². The highest BCUT2D eigenvalue weighted by atomic mass is 16.6.